The highest BCUT2D eigenvalue weighted by molar-refractivity contribution is 6.35. The van der Waals surface area contributed by atoms with E-state index >= 15 is 0 Å². The summed E-state index contributed by atoms with van der Waals surface area (Å²) in [6.07, 6.45) is 2.18. The molecule has 1 aliphatic heterocycles. The van der Waals surface area contributed by atoms with Gasteiger partial charge in [-0.1, -0.05) is 30.3 Å². The van der Waals surface area contributed by atoms with Gasteiger partial charge in [-0.25, -0.2) is 4.79 Å². The molecule has 4 rings (SSSR count). The topological polar surface area (TPSA) is 110 Å². The van der Waals surface area contributed by atoms with E-state index in [2.05, 4.69) is 10.4 Å². The number of β-lactam (4-membered cyclic amide) rings is 1. The third-order valence-corrected chi connectivity index (χ3v) is 5.48. The number of non-ortho nitro benzene ring substituents is 1. The highest BCUT2D eigenvalue weighted by Crippen LogP contribution is 2.38. The molecule has 0 saturated carbocycles. The van der Waals surface area contributed by atoms with E-state index in [-0.39, 0.29) is 5.69 Å². The first-order valence-corrected chi connectivity index (χ1v) is 9.81. The number of carbonyl (C=O) groups excluding carboxylic acids is 2. The van der Waals surface area contributed by atoms with Crippen LogP contribution in [0.4, 0.5) is 10.5 Å². The van der Waals surface area contributed by atoms with Gasteiger partial charge < -0.3 is 5.32 Å². The number of nitrogens with zero attached hydrogens (tertiary/aromatic N) is 4. The quantitative estimate of drug-likeness (QED) is 0.213. The second-order valence-electron chi connectivity index (χ2n) is 6.92. The normalized spacial score (nSPS) is 18.3. The first-order valence-electron chi connectivity index (χ1n) is 9.37. The van der Waals surface area contributed by atoms with Crippen LogP contribution in [0.5, 0.6) is 0 Å². The lowest BCUT2D eigenvalue weighted by Gasteiger charge is -2.42. The zero-order chi connectivity index (χ0) is 21.3. The molecule has 2 aromatic carbocycles. The Kier molecular flexibility index (Phi) is 5.37. The molecule has 2 heterocycles. The van der Waals surface area contributed by atoms with Gasteiger partial charge in [0.05, 0.1) is 22.7 Å². The maximum Gasteiger partial charge on any atom is 0.324 e. The van der Waals surface area contributed by atoms with E-state index in [9.17, 15) is 19.7 Å². The molecule has 2 atom stereocenters. The zero-order valence-electron chi connectivity index (χ0n) is 15.8. The number of alkyl halides is 1. The summed E-state index contributed by atoms with van der Waals surface area (Å²) in [6, 6.07) is 12.8. The lowest BCUT2D eigenvalue weighted by atomic mass is 9.94. The molecule has 1 N–H and O–H groups in total. The van der Waals surface area contributed by atoms with E-state index in [0.29, 0.717) is 25.0 Å². The number of nitro benzene ring substituents is 1. The molecule has 1 saturated heterocycles. The predicted octanol–water partition coefficient (Wildman–Crippen LogP) is 3.24. The number of nitrogens with one attached hydrogen (secondary N) is 1. The Morgan fingerprint density at radius 2 is 2.00 bits per heavy atom. The Morgan fingerprint density at radius 3 is 2.73 bits per heavy atom. The molecule has 1 aromatic heterocycles. The van der Waals surface area contributed by atoms with Gasteiger partial charge in [0.1, 0.15) is 5.38 Å². The van der Waals surface area contributed by atoms with E-state index in [1.165, 1.54) is 12.1 Å². The Morgan fingerprint density at radius 1 is 1.23 bits per heavy atom. The molecule has 3 aromatic rings. The fraction of sp³-hybridized carbons (Fsp3) is 0.250. The SMILES string of the molecule is O=C(NCCCn1ncc2ccc([N+](=O)[O-])cc21)N1C(=O)C(Cl)C1c1ccccc1. The minimum Gasteiger partial charge on any atom is -0.338 e. The maximum absolute atomic E-state index is 12.5. The lowest BCUT2D eigenvalue weighted by Crippen LogP contribution is -2.61. The van der Waals surface area contributed by atoms with Gasteiger partial charge in [-0.3, -0.25) is 24.5 Å². The third-order valence-electron chi connectivity index (χ3n) is 5.05. The fourth-order valence-electron chi connectivity index (χ4n) is 3.51. The molecule has 30 heavy (non-hydrogen) atoms. The second kappa shape index (κ2) is 8.11. The smallest absolute Gasteiger partial charge is 0.324 e. The lowest BCUT2D eigenvalue weighted by molar-refractivity contribution is -0.384. The Bertz CT molecular complexity index is 1120. The second-order valence-corrected chi connectivity index (χ2v) is 7.39. The number of aromatic nitrogens is 2. The molecule has 10 heteroatoms. The van der Waals surface area contributed by atoms with Crippen molar-refractivity contribution in [3.63, 3.8) is 0 Å². The summed E-state index contributed by atoms with van der Waals surface area (Å²) in [5.41, 5.74) is 1.45. The number of fused-ring (bicyclic) bond motifs is 1. The van der Waals surface area contributed by atoms with Gasteiger partial charge in [0.2, 0.25) is 0 Å². The van der Waals surface area contributed by atoms with E-state index < -0.39 is 28.3 Å². The highest BCUT2D eigenvalue weighted by atomic mass is 35.5. The zero-order valence-corrected chi connectivity index (χ0v) is 16.5. The predicted molar refractivity (Wildman–Crippen MR) is 110 cm³/mol. The largest absolute Gasteiger partial charge is 0.338 e. The number of rotatable bonds is 6. The molecular weight excluding hydrogens is 410 g/mol. The number of benzene rings is 2. The van der Waals surface area contributed by atoms with Crippen molar-refractivity contribution in [3.8, 4) is 0 Å². The fourth-order valence-corrected chi connectivity index (χ4v) is 3.87. The number of aryl methyl sites for hydroxylation is 1. The van der Waals surface area contributed by atoms with E-state index in [1.807, 2.05) is 30.3 Å². The van der Waals surface area contributed by atoms with Crippen molar-refractivity contribution in [1.29, 1.82) is 0 Å². The molecule has 2 unspecified atom stereocenters. The van der Waals surface area contributed by atoms with Crippen LogP contribution in [0.25, 0.3) is 10.9 Å². The molecule has 1 fully saturated rings. The van der Waals surface area contributed by atoms with Gasteiger partial charge >= 0.3 is 6.03 Å². The number of carbonyl (C=O) groups is 2. The van der Waals surface area contributed by atoms with Crippen LogP contribution in [0.15, 0.2) is 54.7 Å². The van der Waals surface area contributed by atoms with Gasteiger partial charge in [0.25, 0.3) is 11.6 Å². The van der Waals surface area contributed by atoms with Crippen molar-refractivity contribution < 1.29 is 14.5 Å². The van der Waals surface area contributed by atoms with E-state index in [4.69, 9.17) is 11.6 Å². The summed E-state index contributed by atoms with van der Waals surface area (Å²) < 4.78 is 1.66. The minimum absolute atomic E-state index is 0.00330. The summed E-state index contributed by atoms with van der Waals surface area (Å²) >= 11 is 6.13. The number of halogens is 1. The number of likely N-dealkylation sites (tertiary alicyclic amines) is 1. The first-order chi connectivity index (χ1) is 14.5. The molecule has 1 aliphatic rings. The summed E-state index contributed by atoms with van der Waals surface area (Å²) in [5, 5.41) is 18.0. The van der Waals surface area contributed by atoms with E-state index in [0.717, 1.165) is 15.8 Å². The molecule has 154 valence electrons. The van der Waals surface area contributed by atoms with Gasteiger partial charge in [-0.2, -0.15) is 5.10 Å². The van der Waals surface area contributed by atoms with E-state index in [1.54, 1.807) is 16.9 Å². The average Bonchev–Trinajstić information content (AvgIpc) is 3.16. The Balaban J connectivity index is 1.35. The molecular formula is C20H18ClN5O4. The van der Waals surface area contributed by atoms with Crippen molar-refractivity contribution in [2.24, 2.45) is 0 Å². The van der Waals surface area contributed by atoms with Crippen LogP contribution in [-0.2, 0) is 11.3 Å². The van der Waals surface area contributed by atoms with Gasteiger partial charge in [-0.05, 0) is 18.1 Å². The minimum atomic E-state index is -0.760. The maximum atomic E-state index is 12.5. The Labute approximate surface area is 176 Å². The van der Waals surface area contributed by atoms with Crippen molar-refractivity contribution in [2.45, 2.75) is 24.4 Å². The average molecular weight is 428 g/mol. The Hall–Kier alpha value is -3.46. The first kappa shape index (κ1) is 19.8. The molecule has 3 amide bonds. The van der Waals surface area contributed by atoms with Crippen molar-refractivity contribution in [2.75, 3.05) is 6.54 Å². The van der Waals surface area contributed by atoms with Crippen LogP contribution in [0.2, 0.25) is 0 Å². The molecule has 0 spiro atoms. The van der Waals surface area contributed by atoms with Gasteiger partial charge in [0.15, 0.2) is 0 Å². The van der Waals surface area contributed by atoms with Crippen LogP contribution in [0.1, 0.15) is 18.0 Å². The monoisotopic (exact) mass is 427 g/mol. The molecule has 0 bridgehead atoms. The summed E-state index contributed by atoms with van der Waals surface area (Å²) in [4.78, 5) is 36.3. The molecule has 0 aliphatic carbocycles. The van der Waals surface area contributed by atoms with Gasteiger partial charge in [0, 0.05) is 30.6 Å². The van der Waals surface area contributed by atoms with Crippen molar-refractivity contribution >= 4 is 40.1 Å². The number of imide groups is 1. The number of hydrogen-bond donors (Lipinski definition) is 1. The molecule has 0 radical (unpaired) electrons. The third kappa shape index (κ3) is 3.59. The number of nitro groups is 1. The van der Waals surface area contributed by atoms with Crippen molar-refractivity contribution in [3.05, 3.63) is 70.4 Å². The van der Waals surface area contributed by atoms with Crippen LogP contribution in [-0.4, -0.2) is 43.5 Å². The van der Waals surface area contributed by atoms with Crippen LogP contribution in [0.3, 0.4) is 0 Å². The molecule has 9 nitrogen and oxygen atoms in total. The summed E-state index contributed by atoms with van der Waals surface area (Å²) in [7, 11) is 0. The summed E-state index contributed by atoms with van der Waals surface area (Å²) in [5.74, 6) is -0.423. The number of hydrogen-bond acceptors (Lipinski definition) is 5. The van der Waals surface area contributed by atoms with Gasteiger partial charge in [-0.15, -0.1) is 11.6 Å². The number of urea groups is 1. The van der Waals surface area contributed by atoms with Crippen LogP contribution >= 0.6 is 11.6 Å². The highest BCUT2D eigenvalue weighted by Gasteiger charge is 2.50. The standard InChI is InChI=1S/C20H18ClN5O4/c21-17-18(13-5-2-1-3-6-13)25(19(17)27)20(28)22-9-4-10-24-16-11-15(26(29)30)8-7-14(16)12-23-24/h1-3,5-8,11-12,17-18H,4,9-10H2,(H,22,28). The van der Waals surface area contributed by atoms with Crippen LogP contribution < -0.4 is 5.32 Å². The van der Waals surface area contributed by atoms with Crippen LogP contribution in [0, 0.1) is 10.1 Å². The number of amides is 3. The van der Waals surface area contributed by atoms with Crippen molar-refractivity contribution in [1.82, 2.24) is 20.0 Å². The summed E-state index contributed by atoms with van der Waals surface area (Å²) in [6.45, 7) is 0.770.